The Labute approximate surface area is 137 Å². The first-order valence-electron chi connectivity index (χ1n) is 7.06. The van der Waals surface area contributed by atoms with E-state index in [9.17, 15) is 0 Å². The van der Waals surface area contributed by atoms with E-state index in [4.69, 9.17) is 0 Å². The molecule has 0 aliphatic rings. The number of rotatable bonds is 3. The van der Waals surface area contributed by atoms with Crippen molar-refractivity contribution in [1.82, 2.24) is 0 Å². The van der Waals surface area contributed by atoms with E-state index < -0.39 is 0 Å². The van der Waals surface area contributed by atoms with Crippen molar-refractivity contribution in [2.24, 2.45) is 0 Å². The van der Waals surface area contributed by atoms with Gasteiger partial charge >= 0.3 is 138 Å². The van der Waals surface area contributed by atoms with Crippen LogP contribution in [-0.2, 0) is 0 Å². The van der Waals surface area contributed by atoms with Crippen molar-refractivity contribution in [1.29, 1.82) is 0 Å². The molecule has 0 bridgehead atoms. The second-order valence-electron chi connectivity index (χ2n) is 4.64. The molecule has 0 unspecified atom stereocenters. The van der Waals surface area contributed by atoms with Gasteiger partial charge in [0.15, 0.2) is 0 Å². The van der Waals surface area contributed by atoms with E-state index in [1.165, 1.54) is 4.46 Å². The number of nitrogens with zero attached hydrogens (tertiary/aromatic N) is 1. The van der Waals surface area contributed by atoms with Crippen LogP contribution in [-0.4, -0.2) is 15.0 Å². The van der Waals surface area contributed by atoms with Crippen LogP contribution < -0.4 is 9.36 Å². The minimum absolute atomic E-state index is 0.156. The average Bonchev–Trinajstić information content (AvgIpc) is 2.61. The summed E-state index contributed by atoms with van der Waals surface area (Å²) in [6.45, 7) is 0. The maximum absolute atomic E-state index is 3.34. The summed E-state index contributed by atoms with van der Waals surface area (Å²) in [7, 11) is 0. The van der Waals surface area contributed by atoms with Gasteiger partial charge in [0.25, 0.3) is 0 Å². The van der Waals surface area contributed by atoms with Crippen molar-refractivity contribution in [3.8, 4) is 10.9 Å². The fraction of sp³-hybridized carbons (Fsp3) is 0. The van der Waals surface area contributed by atoms with Crippen LogP contribution >= 0.6 is 0 Å². The Morgan fingerprint density at radius 2 is 1.05 bits per heavy atom. The normalized spacial score (nSPS) is 9.64. The number of hydrogen-bond donors (Lipinski definition) is 0. The Kier molecular flexibility index (Phi) is 4.95. The molecule has 0 amide bonds. The molecule has 3 aromatic carbocycles. The SMILES string of the molecule is C(#CN(c1ccccc1)c1ccccc1)[Se]c1ccccc1. The first-order valence-corrected chi connectivity index (χ1v) is 8.77. The molecule has 0 aliphatic heterocycles. The van der Waals surface area contributed by atoms with Gasteiger partial charge in [0, 0.05) is 0 Å². The fourth-order valence-electron chi connectivity index (χ4n) is 2.05. The van der Waals surface area contributed by atoms with E-state index in [2.05, 4.69) is 59.4 Å². The van der Waals surface area contributed by atoms with Crippen molar-refractivity contribution in [3.63, 3.8) is 0 Å². The quantitative estimate of drug-likeness (QED) is 0.396. The second kappa shape index (κ2) is 7.52. The summed E-state index contributed by atoms with van der Waals surface area (Å²) >= 11 is 0.156. The van der Waals surface area contributed by atoms with Crippen LogP contribution in [0.15, 0.2) is 91.0 Å². The molecule has 0 N–H and O–H groups in total. The van der Waals surface area contributed by atoms with Crippen LogP contribution in [0.5, 0.6) is 0 Å². The third-order valence-corrected chi connectivity index (χ3v) is 4.57. The third-order valence-electron chi connectivity index (χ3n) is 3.10. The Morgan fingerprint density at radius 1 is 0.591 bits per heavy atom. The molecule has 3 rings (SSSR count). The average molecular weight is 348 g/mol. The van der Waals surface area contributed by atoms with E-state index in [-0.39, 0.29) is 15.0 Å². The molecule has 0 saturated heterocycles. The summed E-state index contributed by atoms with van der Waals surface area (Å²) in [5.74, 6) is 0. The zero-order valence-electron chi connectivity index (χ0n) is 12.0. The summed E-state index contributed by atoms with van der Waals surface area (Å²) in [5, 5.41) is 0. The van der Waals surface area contributed by atoms with Crippen LogP contribution in [0.1, 0.15) is 0 Å². The molecule has 3 aromatic rings. The molecule has 0 saturated carbocycles. The topological polar surface area (TPSA) is 3.24 Å². The molecule has 0 heterocycles. The van der Waals surface area contributed by atoms with Crippen molar-refractivity contribution >= 4 is 30.8 Å². The molecule has 0 aromatic heterocycles. The van der Waals surface area contributed by atoms with Crippen molar-refractivity contribution in [3.05, 3.63) is 91.0 Å². The van der Waals surface area contributed by atoms with Gasteiger partial charge in [-0.3, -0.25) is 0 Å². The molecule has 22 heavy (non-hydrogen) atoms. The van der Waals surface area contributed by atoms with Gasteiger partial charge in [-0.1, -0.05) is 0 Å². The Morgan fingerprint density at radius 3 is 1.55 bits per heavy atom. The van der Waals surface area contributed by atoms with Crippen molar-refractivity contribution in [2.45, 2.75) is 0 Å². The zero-order valence-corrected chi connectivity index (χ0v) is 13.7. The van der Waals surface area contributed by atoms with E-state index in [1.54, 1.807) is 0 Å². The molecule has 0 aliphatic carbocycles. The van der Waals surface area contributed by atoms with Gasteiger partial charge in [0.2, 0.25) is 0 Å². The summed E-state index contributed by atoms with van der Waals surface area (Å²) in [5.41, 5.74) is 2.18. The Bertz CT molecular complexity index is 719. The van der Waals surface area contributed by atoms with Gasteiger partial charge in [0.1, 0.15) is 0 Å². The molecule has 0 atom stereocenters. The molecule has 1 nitrogen and oxygen atoms in total. The molecule has 0 spiro atoms. The summed E-state index contributed by atoms with van der Waals surface area (Å²) < 4.78 is 1.29. The number of hydrogen-bond acceptors (Lipinski definition) is 1. The molecule has 0 fully saturated rings. The summed E-state index contributed by atoms with van der Waals surface area (Å²) in [6.07, 6.45) is 0. The Balaban J connectivity index is 1.87. The van der Waals surface area contributed by atoms with Crippen molar-refractivity contribution < 1.29 is 0 Å². The fourth-order valence-corrected chi connectivity index (χ4v) is 3.20. The second-order valence-corrected chi connectivity index (χ2v) is 6.48. The van der Waals surface area contributed by atoms with Gasteiger partial charge in [0.05, 0.1) is 0 Å². The monoisotopic (exact) mass is 349 g/mol. The predicted octanol–water partition coefficient (Wildman–Crippen LogP) is 3.77. The van der Waals surface area contributed by atoms with Gasteiger partial charge < -0.3 is 0 Å². The molecular weight excluding hydrogens is 333 g/mol. The van der Waals surface area contributed by atoms with Crippen LogP contribution in [0.25, 0.3) is 0 Å². The molecule has 106 valence electrons. The van der Waals surface area contributed by atoms with E-state index in [0.29, 0.717) is 0 Å². The van der Waals surface area contributed by atoms with E-state index in [1.807, 2.05) is 47.4 Å². The van der Waals surface area contributed by atoms with Gasteiger partial charge in [-0.25, -0.2) is 0 Å². The first kappa shape index (κ1) is 14.5. The van der Waals surface area contributed by atoms with Gasteiger partial charge in [-0.15, -0.1) is 0 Å². The Hall–Kier alpha value is -2.46. The first-order chi connectivity index (χ1) is 10.9. The molecule has 0 radical (unpaired) electrons. The number of anilines is 2. The zero-order chi connectivity index (χ0) is 15.0. The predicted molar refractivity (Wildman–Crippen MR) is 94.6 cm³/mol. The van der Waals surface area contributed by atoms with Crippen LogP contribution in [0, 0.1) is 10.9 Å². The van der Waals surface area contributed by atoms with Crippen LogP contribution in [0.4, 0.5) is 11.4 Å². The summed E-state index contributed by atoms with van der Waals surface area (Å²) in [6, 6.07) is 34.2. The molecule has 2 heteroatoms. The van der Waals surface area contributed by atoms with Crippen LogP contribution in [0.2, 0.25) is 0 Å². The van der Waals surface area contributed by atoms with E-state index >= 15 is 0 Å². The van der Waals surface area contributed by atoms with Gasteiger partial charge in [-0.05, 0) is 0 Å². The molecular formula is C20H15NSe. The number of para-hydroxylation sites is 2. The maximum atomic E-state index is 3.34. The minimum atomic E-state index is 0.156. The summed E-state index contributed by atoms with van der Waals surface area (Å²) in [4.78, 5) is 5.38. The van der Waals surface area contributed by atoms with Gasteiger partial charge in [-0.2, -0.15) is 0 Å². The standard InChI is InChI=1S/C20H15NSe/c1-4-10-18(11-5-1)21(19-12-6-2-7-13-19)16-17-22-20-14-8-3-9-15-20/h1-15H. The third kappa shape index (κ3) is 3.80. The van der Waals surface area contributed by atoms with Crippen LogP contribution in [0.3, 0.4) is 0 Å². The van der Waals surface area contributed by atoms with Crippen molar-refractivity contribution in [2.75, 3.05) is 4.90 Å². The van der Waals surface area contributed by atoms with E-state index in [0.717, 1.165) is 11.4 Å². The number of benzene rings is 3.